The number of nitrogens with zero attached hydrogens (tertiary/aromatic N) is 4. The van der Waals surface area contributed by atoms with Gasteiger partial charge in [0.2, 0.25) is 5.88 Å². The number of hydrogen-bond donors (Lipinski definition) is 2. The van der Waals surface area contributed by atoms with E-state index in [2.05, 4.69) is 20.4 Å². The minimum atomic E-state index is -0.848. The van der Waals surface area contributed by atoms with Crippen LogP contribution in [0.2, 0.25) is 5.02 Å². The van der Waals surface area contributed by atoms with Crippen molar-refractivity contribution in [3.63, 3.8) is 0 Å². The van der Waals surface area contributed by atoms with Gasteiger partial charge in [0.15, 0.2) is 0 Å². The monoisotopic (exact) mass is 482 g/mol. The number of carbonyl (C=O) groups is 2. The van der Waals surface area contributed by atoms with E-state index in [0.29, 0.717) is 29.5 Å². The molecule has 11 heteroatoms. The second-order valence-electron chi connectivity index (χ2n) is 7.57. The third kappa shape index (κ3) is 4.40. The number of carbonyl (C=O) groups excluding carboxylic acids is 2. The quantitative estimate of drug-likeness (QED) is 0.432. The van der Waals surface area contributed by atoms with E-state index in [-0.39, 0.29) is 27.2 Å². The molecule has 3 heterocycles. The summed E-state index contributed by atoms with van der Waals surface area (Å²) in [5.41, 5.74) is 8.04. The molecule has 0 bridgehead atoms. The molecule has 0 unspecified atom stereocenters. The summed E-state index contributed by atoms with van der Waals surface area (Å²) in [5, 5.41) is 7.45. The van der Waals surface area contributed by atoms with Crippen molar-refractivity contribution >= 4 is 40.0 Å². The van der Waals surface area contributed by atoms with E-state index in [1.54, 1.807) is 31.0 Å². The van der Waals surface area contributed by atoms with E-state index in [1.807, 2.05) is 13.0 Å². The van der Waals surface area contributed by atoms with Gasteiger partial charge in [-0.3, -0.25) is 14.3 Å². The molecule has 34 heavy (non-hydrogen) atoms. The van der Waals surface area contributed by atoms with Crippen molar-refractivity contribution in [2.24, 2.45) is 5.73 Å². The molecule has 0 atom stereocenters. The number of pyridine rings is 2. The number of nitrogens with one attached hydrogen (secondary N) is 1. The SMILES string of the molecule is COc1ccc(Cn2nc(C)c(NC(=O)c3cc(C(N)=O)nc4cc(F)c(Cl)cc34)c2C)cn1. The van der Waals surface area contributed by atoms with Crippen molar-refractivity contribution in [2.45, 2.75) is 20.4 Å². The molecular formula is C23H20ClFN6O3. The number of aromatic nitrogens is 4. The van der Waals surface area contributed by atoms with Crippen LogP contribution < -0.4 is 15.8 Å². The zero-order valence-corrected chi connectivity index (χ0v) is 19.3. The number of halogens is 2. The lowest BCUT2D eigenvalue weighted by Crippen LogP contribution is -2.18. The Morgan fingerprint density at radius 1 is 1.24 bits per heavy atom. The molecule has 1 aromatic carbocycles. The number of ether oxygens (including phenoxy) is 1. The van der Waals surface area contributed by atoms with E-state index >= 15 is 0 Å². The van der Waals surface area contributed by atoms with Gasteiger partial charge in [-0.25, -0.2) is 14.4 Å². The highest BCUT2D eigenvalue weighted by Gasteiger charge is 2.20. The summed E-state index contributed by atoms with van der Waals surface area (Å²) in [4.78, 5) is 33.2. The predicted octanol–water partition coefficient (Wildman–Crippen LogP) is 3.64. The van der Waals surface area contributed by atoms with E-state index < -0.39 is 17.6 Å². The number of methoxy groups -OCH3 is 1. The highest BCUT2D eigenvalue weighted by Crippen LogP contribution is 2.27. The topological polar surface area (TPSA) is 125 Å². The van der Waals surface area contributed by atoms with Crippen molar-refractivity contribution < 1.29 is 18.7 Å². The maximum atomic E-state index is 14.0. The minimum absolute atomic E-state index is 0.0756. The smallest absolute Gasteiger partial charge is 0.267 e. The summed E-state index contributed by atoms with van der Waals surface area (Å²) in [6.07, 6.45) is 1.69. The molecule has 3 N–H and O–H groups in total. The molecule has 0 radical (unpaired) electrons. The first-order chi connectivity index (χ1) is 16.2. The first kappa shape index (κ1) is 23.1. The summed E-state index contributed by atoms with van der Waals surface area (Å²) < 4.78 is 20.8. The number of aryl methyl sites for hydroxylation is 1. The van der Waals surface area contributed by atoms with Gasteiger partial charge in [0.25, 0.3) is 11.8 Å². The Hall–Kier alpha value is -4.05. The van der Waals surface area contributed by atoms with Crippen molar-refractivity contribution in [1.82, 2.24) is 19.7 Å². The molecule has 0 saturated heterocycles. The van der Waals surface area contributed by atoms with Gasteiger partial charge < -0.3 is 15.8 Å². The van der Waals surface area contributed by atoms with Gasteiger partial charge in [-0.1, -0.05) is 17.7 Å². The Morgan fingerprint density at radius 3 is 2.65 bits per heavy atom. The zero-order chi connectivity index (χ0) is 24.6. The number of amides is 2. The van der Waals surface area contributed by atoms with Crippen LogP contribution in [-0.2, 0) is 6.54 Å². The molecule has 174 valence electrons. The van der Waals surface area contributed by atoms with Crippen LogP contribution in [0.1, 0.15) is 37.8 Å². The summed E-state index contributed by atoms with van der Waals surface area (Å²) in [7, 11) is 1.54. The Balaban J connectivity index is 1.69. The van der Waals surface area contributed by atoms with Crippen LogP contribution in [-0.4, -0.2) is 38.7 Å². The molecule has 9 nitrogen and oxygen atoms in total. The summed E-state index contributed by atoms with van der Waals surface area (Å²) in [6.45, 7) is 4.01. The van der Waals surface area contributed by atoms with Crippen molar-refractivity contribution in [2.75, 3.05) is 12.4 Å². The van der Waals surface area contributed by atoms with Gasteiger partial charge in [-0.15, -0.1) is 0 Å². The average Bonchev–Trinajstić information content (AvgIpc) is 3.06. The average molecular weight is 483 g/mol. The Bertz CT molecular complexity index is 1440. The Labute approximate surface area is 198 Å². The van der Waals surface area contributed by atoms with Gasteiger partial charge >= 0.3 is 0 Å². The van der Waals surface area contributed by atoms with Crippen LogP contribution in [0.25, 0.3) is 10.9 Å². The zero-order valence-electron chi connectivity index (χ0n) is 18.5. The third-order valence-electron chi connectivity index (χ3n) is 5.31. The predicted molar refractivity (Wildman–Crippen MR) is 125 cm³/mol. The largest absolute Gasteiger partial charge is 0.481 e. The van der Waals surface area contributed by atoms with E-state index in [0.717, 1.165) is 11.6 Å². The molecule has 0 aliphatic carbocycles. The van der Waals surface area contributed by atoms with E-state index in [4.69, 9.17) is 22.1 Å². The number of hydrogen-bond acceptors (Lipinski definition) is 6. The van der Waals surface area contributed by atoms with Crippen LogP contribution in [0, 0.1) is 19.7 Å². The minimum Gasteiger partial charge on any atom is -0.481 e. The fraction of sp³-hybridized carbons (Fsp3) is 0.174. The number of fused-ring (bicyclic) bond motifs is 1. The van der Waals surface area contributed by atoms with Crippen LogP contribution in [0.5, 0.6) is 5.88 Å². The first-order valence-corrected chi connectivity index (χ1v) is 10.5. The first-order valence-electron chi connectivity index (χ1n) is 10.1. The van der Waals surface area contributed by atoms with Crippen LogP contribution >= 0.6 is 11.6 Å². The van der Waals surface area contributed by atoms with E-state index in [1.165, 1.54) is 12.1 Å². The number of benzene rings is 1. The third-order valence-corrected chi connectivity index (χ3v) is 5.60. The molecule has 2 amide bonds. The highest BCUT2D eigenvalue weighted by molar-refractivity contribution is 6.31. The molecule has 4 rings (SSSR count). The second-order valence-corrected chi connectivity index (χ2v) is 7.98. The van der Waals surface area contributed by atoms with Gasteiger partial charge in [0.05, 0.1) is 46.8 Å². The fourth-order valence-corrected chi connectivity index (χ4v) is 3.71. The highest BCUT2D eigenvalue weighted by atomic mass is 35.5. The van der Waals surface area contributed by atoms with Crippen molar-refractivity contribution in [3.8, 4) is 5.88 Å². The Kier molecular flexibility index (Phi) is 6.16. The lowest BCUT2D eigenvalue weighted by atomic mass is 10.1. The molecule has 0 aliphatic rings. The summed E-state index contributed by atoms with van der Waals surface area (Å²) in [5.74, 6) is -1.62. The molecule has 3 aromatic heterocycles. The normalized spacial score (nSPS) is 11.0. The van der Waals surface area contributed by atoms with Gasteiger partial charge in [-0.2, -0.15) is 5.10 Å². The summed E-state index contributed by atoms with van der Waals surface area (Å²) >= 11 is 5.92. The molecule has 4 aromatic rings. The van der Waals surface area contributed by atoms with Crippen molar-refractivity contribution in [1.29, 1.82) is 0 Å². The van der Waals surface area contributed by atoms with Crippen LogP contribution in [0.3, 0.4) is 0 Å². The molecule has 0 spiro atoms. The van der Waals surface area contributed by atoms with Gasteiger partial charge in [0, 0.05) is 23.7 Å². The van der Waals surface area contributed by atoms with Crippen LogP contribution in [0.4, 0.5) is 10.1 Å². The lowest BCUT2D eigenvalue weighted by molar-refractivity contribution is 0.0996. The number of nitrogens with two attached hydrogens (primary N) is 1. The van der Waals surface area contributed by atoms with E-state index in [9.17, 15) is 14.0 Å². The molecule has 0 saturated carbocycles. The number of primary amides is 1. The maximum Gasteiger partial charge on any atom is 0.267 e. The molecule has 0 fully saturated rings. The number of rotatable bonds is 6. The maximum absolute atomic E-state index is 14.0. The number of anilines is 1. The molecular weight excluding hydrogens is 463 g/mol. The lowest BCUT2D eigenvalue weighted by Gasteiger charge is -2.11. The van der Waals surface area contributed by atoms with Crippen molar-refractivity contribution in [3.05, 3.63) is 75.6 Å². The second kappa shape index (κ2) is 9.06. The summed E-state index contributed by atoms with van der Waals surface area (Å²) in [6, 6.07) is 7.23. The van der Waals surface area contributed by atoms with Gasteiger partial charge in [-0.05, 0) is 31.5 Å². The molecule has 0 aliphatic heterocycles. The Morgan fingerprint density at radius 2 is 2.00 bits per heavy atom. The fourth-order valence-electron chi connectivity index (χ4n) is 3.55. The standard InChI is InChI=1S/C23H20ClFN6O3/c1-11-21(12(2)31(30-11)10-13-4-5-20(34-3)27-9-13)29-23(33)15-7-19(22(26)32)28-18-8-17(25)16(24)6-14(15)18/h4-9H,10H2,1-3H3,(H2,26,32)(H,29,33). The van der Waals surface area contributed by atoms with Gasteiger partial charge in [0.1, 0.15) is 11.5 Å². The van der Waals surface area contributed by atoms with Crippen LogP contribution in [0.15, 0.2) is 36.5 Å².